The third kappa shape index (κ3) is 4.87. The van der Waals surface area contributed by atoms with Crippen molar-refractivity contribution in [2.24, 2.45) is 5.73 Å². The van der Waals surface area contributed by atoms with Crippen molar-refractivity contribution in [1.29, 1.82) is 0 Å². The third-order valence-corrected chi connectivity index (χ3v) is 3.92. The van der Waals surface area contributed by atoms with Gasteiger partial charge in [0, 0.05) is 19.9 Å². The molecule has 0 bridgehead atoms. The Morgan fingerprint density at radius 1 is 1.25 bits per heavy atom. The van der Waals surface area contributed by atoms with E-state index in [1.54, 1.807) is 14.2 Å². The molecule has 1 atom stereocenters. The fourth-order valence-corrected chi connectivity index (χ4v) is 2.61. The average Bonchev–Trinajstić information content (AvgIpc) is 2.07. The van der Waals surface area contributed by atoms with Crippen LogP contribution in [0.15, 0.2) is 0 Å². The van der Waals surface area contributed by atoms with Crippen LogP contribution in [-0.2, 0) is 8.85 Å². The van der Waals surface area contributed by atoms with Gasteiger partial charge in [-0.3, -0.25) is 0 Å². The minimum absolute atomic E-state index is 0.145. The lowest BCUT2D eigenvalue weighted by Gasteiger charge is -2.18. The zero-order valence-electron chi connectivity index (χ0n) is 8.38. The van der Waals surface area contributed by atoms with Crippen molar-refractivity contribution >= 4 is 9.28 Å². The van der Waals surface area contributed by atoms with Crippen LogP contribution in [0, 0.1) is 0 Å². The molecule has 1 unspecified atom stereocenters. The predicted molar refractivity (Wildman–Crippen MR) is 53.3 cm³/mol. The molecule has 0 radical (unpaired) electrons. The average molecular weight is 191 g/mol. The fourth-order valence-electron chi connectivity index (χ4n) is 1.21. The summed E-state index contributed by atoms with van der Waals surface area (Å²) >= 11 is 0. The Morgan fingerprint density at radius 2 is 1.83 bits per heavy atom. The third-order valence-electron chi connectivity index (χ3n) is 1.96. The van der Waals surface area contributed by atoms with Crippen molar-refractivity contribution in [3.05, 3.63) is 0 Å². The summed E-state index contributed by atoms with van der Waals surface area (Å²) in [4.78, 5) is 0. The van der Waals surface area contributed by atoms with Crippen LogP contribution in [0.4, 0.5) is 0 Å². The van der Waals surface area contributed by atoms with Crippen LogP contribution in [0.3, 0.4) is 0 Å². The molecule has 0 heterocycles. The molecule has 0 aromatic carbocycles. The van der Waals surface area contributed by atoms with E-state index >= 15 is 0 Å². The Labute approximate surface area is 77.1 Å². The van der Waals surface area contributed by atoms with Gasteiger partial charge in [-0.2, -0.15) is 0 Å². The molecule has 2 N–H and O–H groups in total. The molecule has 0 rings (SSSR count). The second-order valence-electron chi connectivity index (χ2n) is 3.00. The van der Waals surface area contributed by atoms with Gasteiger partial charge in [-0.15, -0.1) is 0 Å². The summed E-state index contributed by atoms with van der Waals surface area (Å²) in [6.45, 7) is 2.19. The van der Waals surface area contributed by atoms with Crippen LogP contribution in [0.25, 0.3) is 0 Å². The van der Waals surface area contributed by atoms with Gasteiger partial charge in [-0.25, -0.2) is 0 Å². The molecular weight excluding hydrogens is 170 g/mol. The zero-order chi connectivity index (χ0) is 9.40. The molecule has 0 aromatic heterocycles. The maximum absolute atomic E-state index is 5.89. The van der Waals surface area contributed by atoms with Crippen LogP contribution in [-0.4, -0.2) is 29.2 Å². The molecule has 12 heavy (non-hydrogen) atoms. The summed E-state index contributed by atoms with van der Waals surface area (Å²) in [5.74, 6) is 0. The molecule has 0 saturated heterocycles. The van der Waals surface area contributed by atoms with Crippen molar-refractivity contribution < 1.29 is 8.85 Å². The monoisotopic (exact) mass is 191 g/mol. The standard InChI is InChI=1S/C8H21NO2Si/c1-4-5-6-7-8(9)12(10-2)11-3/h8,12H,4-7,9H2,1-3H3. The van der Waals surface area contributed by atoms with Crippen LogP contribution in [0.5, 0.6) is 0 Å². The van der Waals surface area contributed by atoms with E-state index in [1.807, 2.05) is 0 Å². The molecule has 74 valence electrons. The first-order valence-corrected chi connectivity index (χ1v) is 6.18. The molecule has 3 nitrogen and oxygen atoms in total. The second kappa shape index (κ2) is 7.73. The Bertz CT molecular complexity index is 99.1. The maximum atomic E-state index is 5.89. The molecule has 0 aromatic rings. The van der Waals surface area contributed by atoms with Crippen LogP contribution in [0.1, 0.15) is 32.6 Å². The van der Waals surface area contributed by atoms with Crippen molar-refractivity contribution in [3.8, 4) is 0 Å². The zero-order valence-corrected chi connectivity index (χ0v) is 9.53. The van der Waals surface area contributed by atoms with Gasteiger partial charge in [-0.05, 0) is 6.42 Å². The lowest BCUT2D eigenvalue weighted by atomic mass is 10.2. The van der Waals surface area contributed by atoms with Crippen molar-refractivity contribution in [2.45, 2.75) is 38.3 Å². The summed E-state index contributed by atoms with van der Waals surface area (Å²) in [5.41, 5.74) is 6.04. The fraction of sp³-hybridized carbons (Fsp3) is 1.00. The lowest BCUT2D eigenvalue weighted by molar-refractivity contribution is 0.263. The maximum Gasteiger partial charge on any atom is 0.338 e. The Balaban J connectivity index is 3.47. The Morgan fingerprint density at radius 3 is 2.25 bits per heavy atom. The second-order valence-corrected chi connectivity index (χ2v) is 5.54. The van der Waals surface area contributed by atoms with E-state index in [0.29, 0.717) is 0 Å². The van der Waals surface area contributed by atoms with Gasteiger partial charge in [0.25, 0.3) is 0 Å². The smallest absolute Gasteiger partial charge is 0.338 e. The highest BCUT2D eigenvalue weighted by atomic mass is 28.3. The molecule has 0 aliphatic heterocycles. The van der Waals surface area contributed by atoms with Crippen LogP contribution < -0.4 is 5.73 Å². The van der Waals surface area contributed by atoms with E-state index in [9.17, 15) is 0 Å². The minimum atomic E-state index is -1.55. The Kier molecular flexibility index (Phi) is 7.79. The van der Waals surface area contributed by atoms with E-state index in [4.69, 9.17) is 14.6 Å². The summed E-state index contributed by atoms with van der Waals surface area (Å²) in [5, 5.41) is 0. The SMILES string of the molecule is CCCCCC(N)[SiH](OC)OC. The van der Waals surface area contributed by atoms with Crippen LogP contribution in [0.2, 0.25) is 0 Å². The minimum Gasteiger partial charge on any atom is -0.399 e. The highest BCUT2D eigenvalue weighted by Crippen LogP contribution is 2.04. The molecule has 0 amide bonds. The van der Waals surface area contributed by atoms with E-state index < -0.39 is 9.28 Å². The predicted octanol–water partition coefficient (Wildman–Crippen LogP) is 0.947. The van der Waals surface area contributed by atoms with Gasteiger partial charge in [0.2, 0.25) is 0 Å². The molecule has 0 fully saturated rings. The van der Waals surface area contributed by atoms with Gasteiger partial charge >= 0.3 is 9.28 Å². The van der Waals surface area contributed by atoms with Crippen molar-refractivity contribution in [1.82, 2.24) is 0 Å². The summed E-state index contributed by atoms with van der Waals surface area (Å²) in [6, 6.07) is 0. The van der Waals surface area contributed by atoms with Gasteiger partial charge < -0.3 is 14.6 Å². The van der Waals surface area contributed by atoms with Crippen molar-refractivity contribution in [2.75, 3.05) is 14.2 Å². The number of rotatable bonds is 7. The number of hydrogen-bond acceptors (Lipinski definition) is 3. The largest absolute Gasteiger partial charge is 0.399 e. The molecule has 0 spiro atoms. The van der Waals surface area contributed by atoms with Gasteiger partial charge in [0.15, 0.2) is 0 Å². The first-order valence-electron chi connectivity index (χ1n) is 4.57. The molecule has 0 aliphatic carbocycles. The van der Waals surface area contributed by atoms with E-state index in [0.717, 1.165) is 6.42 Å². The highest BCUT2D eigenvalue weighted by Gasteiger charge is 2.19. The topological polar surface area (TPSA) is 44.5 Å². The number of nitrogens with two attached hydrogens (primary N) is 1. The molecule has 0 aliphatic rings. The van der Waals surface area contributed by atoms with Crippen LogP contribution >= 0.6 is 0 Å². The van der Waals surface area contributed by atoms with Gasteiger partial charge in [0.1, 0.15) is 0 Å². The number of unbranched alkanes of at least 4 members (excludes halogenated alkanes) is 2. The van der Waals surface area contributed by atoms with Gasteiger partial charge in [0.05, 0.1) is 0 Å². The quantitative estimate of drug-likeness (QED) is 0.481. The molecule has 0 saturated carbocycles. The normalized spacial score (nSPS) is 13.8. The summed E-state index contributed by atoms with van der Waals surface area (Å²) in [6.07, 6.45) is 4.71. The Hall–Kier alpha value is 0.0969. The first-order chi connectivity index (χ1) is 5.76. The van der Waals surface area contributed by atoms with Gasteiger partial charge in [-0.1, -0.05) is 26.2 Å². The highest BCUT2D eigenvalue weighted by molar-refractivity contribution is 6.46. The van der Waals surface area contributed by atoms with E-state index in [2.05, 4.69) is 6.92 Å². The van der Waals surface area contributed by atoms with E-state index in [-0.39, 0.29) is 5.67 Å². The van der Waals surface area contributed by atoms with E-state index in [1.165, 1.54) is 19.3 Å². The lowest BCUT2D eigenvalue weighted by Crippen LogP contribution is -2.42. The first kappa shape index (κ1) is 12.1. The van der Waals surface area contributed by atoms with Crippen molar-refractivity contribution in [3.63, 3.8) is 0 Å². The summed E-state index contributed by atoms with van der Waals surface area (Å²) < 4.78 is 10.4. The summed E-state index contributed by atoms with van der Waals surface area (Å²) in [7, 11) is 1.81. The molecule has 4 heteroatoms. The number of hydrogen-bond donors (Lipinski definition) is 1. The molecular formula is C8H21NO2Si.